The summed E-state index contributed by atoms with van der Waals surface area (Å²) in [6.07, 6.45) is 0. The van der Waals surface area contributed by atoms with Crippen LogP contribution in [-0.4, -0.2) is 34.4 Å². The zero-order chi connectivity index (χ0) is 15.6. The summed E-state index contributed by atoms with van der Waals surface area (Å²) in [5.74, 6) is -0.251. The van der Waals surface area contributed by atoms with Crippen LogP contribution in [0.15, 0.2) is 30.3 Å². The zero-order valence-corrected chi connectivity index (χ0v) is 12.4. The molecule has 6 heteroatoms. The molecule has 3 N–H and O–H groups in total. The molecule has 1 aromatic heterocycles. The van der Waals surface area contributed by atoms with Crippen LogP contribution in [0.1, 0.15) is 34.2 Å². The highest BCUT2D eigenvalue weighted by molar-refractivity contribution is 5.94. The van der Waals surface area contributed by atoms with E-state index >= 15 is 0 Å². The van der Waals surface area contributed by atoms with Crippen LogP contribution >= 0.6 is 0 Å². The smallest absolute Gasteiger partial charge is 0.272 e. The first kappa shape index (κ1) is 14.7. The maximum atomic E-state index is 12.3. The number of fused-ring (bicyclic) bond motifs is 1. The molecule has 22 heavy (non-hydrogen) atoms. The van der Waals surface area contributed by atoms with Crippen LogP contribution in [0.4, 0.5) is 0 Å². The van der Waals surface area contributed by atoms with Crippen molar-refractivity contribution in [1.29, 1.82) is 0 Å². The van der Waals surface area contributed by atoms with Gasteiger partial charge < -0.3 is 15.2 Å². The predicted octanol–water partition coefficient (Wildman–Crippen LogP) is 1.12. The molecule has 1 aromatic carbocycles. The highest BCUT2D eigenvalue weighted by atomic mass is 16.5. The SMILES string of the molecule is CC(CO)(CNC(=O)c1n[nH]c2c1COC2)c1ccccc1. The number of nitrogens with zero attached hydrogens (tertiary/aromatic N) is 1. The Labute approximate surface area is 128 Å². The van der Waals surface area contributed by atoms with Crippen molar-refractivity contribution in [1.82, 2.24) is 15.5 Å². The Morgan fingerprint density at radius 2 is 2.18 bits per heavy atom. The number of H-pyrrole nitrogens is 1. The molecule has 0 bridgehead atoms. The molecule has 0 aliphatic carbocycles. The van der Waals surface area contributed by atoms with Gasteiger partial charge in [0.25, 0.3) is 5.91 Å². The Morgan fingerprint density at radius 1 is 1.41 bits per heavy atom. The average molecular weight is 301 g/mol. The third kappa shape index (κ3) is 2.63. The molecule has 1 atom stereocenters. The van der Waals surface area contributed by atoms with Gasteiger partial charge in [0.05, 0.1) is 25.5 Å². The van der Waals surface area contributed by atoms with Gasteiger partial charge in [0.2, 0.25) is 0 Å². The largest absolute Gasteiger partial charge is 0.395 e. The lowest BCUT2D eigenvalue weighted by Gasteiger charge is -2.28. The quantitative estimate of drug-likeness (QED) is 0.772. The van der Waals surface area contributed by atoms with Gasteiger partial charge in [-0.25, -0.2) is 0 Å². The van der Waals surface area contributed by atoms with Crippen LogP contribution in [0.2, 0.25) is 0 Å². The van der Waals surface area contributed by atoms with Crippen molar-refractivity contribution in [2.24, 2.45) is 0 Å². The van der Waals surface area contributed by atoms with Gasteiger partial charge in [-0.1, -0.05) is 37.3 Å². The number of amides is 1. The van der Waals surface area contributed by atoms with E-state index in [1.807, 2.05) is 37.3 Å². The summed E-state index contributed by atoms with van der Waals surface area (Å²) in [5.41, 5.74) is 2.50. The normalized spacial score (nSPS) is 16.1. The topological polar surface area (TPSA) is 87.2 Å². The lowest BCUT2D eigenvalue weighted by Crippen LogP contribution is -2.41. The van der Waals surface area contributed by atoms with Crippen LogP contribution < -0.4 is 5.32 Å². The first-order valence-corrected chi connectivity index (χ1v) is 7.22. The third-order valence-corrected chi connectivity index (χ3v) is 4.12. The highest BCUT2D eigenvalue weighted by Gasteiger charge is 2.29. The summed E-state index contributed by atoms with van der Waals surface area (Å²) in [5, 5.41) is 19.5. The van der Waals surface area contributed by atoms with Crippen molar-refractivity contribution in [3.8, 4) is 0 Å². The van der Waals surface area contributed by atoms with Crippen LogP contribution in [0.25, 0.3) is 0 Å². The molecule has 1 aliphatic rings. The molecule has 0 saturated heterocycles. The summed E-state index contributed by atoms with van der Waals surface area (Å²) in [6.45, 7) is 3.06. The van der Waals surface area contributed by atoms with Gasteiger partial charge in [0, 0.05) is 17.5 Å². The second-order valence-electron chi connectivity index (χ2n) is 5.79. The van der Waals surface area contributed by atoms with Gasteiger partial charge in [-0.2, -0.15) is 5.10 Å². The molecular weight excluding hydrogens is 282 g/mol. The second kappa shape index (κ2) is 5.90. The fourth-order valence-electron chi connectivity index (χ4n) is 2.57. The summed E-state index contributed by atoms with van der Waals surface area (Å²) in [7, 11) is 0. The van der Waals surface area contributed by atoms with E-state index in [0.717, 1.165) is 16.8 Å². The number of rotatable bonds is 5. The molecule has 1 unspecified atom stereocenters. The number of ether oxygens (including phenoxy) is 1. The van der Waals surface area contributed by atoms with E-state index in [1.165, 1.54) is 0 Å². The summed E-state index contributed by atoms with van der Waals surface area (Å²) < 4.78 is 5.29. The van der Waals surface area contributed by atoms with Crippen LogP contribution in [0.3, 0.4) is 0 Å². The Bertz CT molecular complexity index is 669. The van der Waals surface area contributed by atoms with E-state index < -0.39 is 5.41 Å². The van der Waals surface area contributed by atoms with Gasteiger partial charge in [0.15, 0.2) is 5.69 Å². The number of aromatic amines is 1. The predicted molar refractivity (Wildman–Crippen MR) is 80.3 cm³/mol. The number of benzene rings is 1. The minimum Gasteiger partial charge on any atom is -0.395 e. The van der Waals surface area contributed by atoms with Crippen molar-refractivity contribution in [3.63, 3.8) is 0 Å². The molecule has 2 aromatic rings. The van der Waals surface area contributed by atoms with E-state index in [-0.39, 0.29) is 12.5 Å². The first-order valence-electron chi connectivity index (χ1n) is 7.22. The van der Waals surface area contributed by atoms with Crippen molar-refractivity contribution in [3.05, 3.63) is 52.8 Å². The van der Waals surface area contributed by atoms with E-state index in [1.54, 1.807) is 0 Å². The molecule has 2 heterocycles. The maximum absolute atomic E-state index is 12.3. The lowest BCUT2D eigenvalue weighted by molar-refractivity contribution is 0.0921. The maximum Gasteiger partial charge on any atom is 0.272 e. The molecular formula is C16H19N3O3. The number of carbonyl (C=O) groups is 1. The van der Waals surface area contributed by atoms with E-state index in [0.29, 0.717) is 25.5 Å². The Hall–Kier alpha value is -2.18. The zero-order valence-electron chi connectivity index (χ0n) is 12.4. The Balaban J connectivity index is 1.72. The molecule has 0 fully saturated rings. The van der Waals surface area contributed by atoms with Crippen molar-refractivity contribution in [2.45, 2.75) is 25.6 Å². The van der Waals surface area contributed by atoms with Gasteiger partial charge in [-0.15, -0.1) is 0 Å². The van der Waals surface area contributed by atoms with Crippen LogP contribution in [-0.2, 0) is 23.4 Å². The molecule has 1 amide bonds. The number of aliphatic hydroxyl groups is 1. The molecule has 0 spiro atoms. The molecule has 0 radical (unpaired) electrons. The number of nitrogens with one attached hydrogen (secondary N) is 2. The molecule has 3 rings (SSSR count). The Morgan fingerprint density at radius 3 is 2.91 bits per heavy atom. The average Bonchev–Trinajstić information content (AvgIpc) is 3.16. The van der Waals surface area contributed by atoms with Crippen molar-refractivity contribution < 1.29 is 14.6 Å². The van der Waals surface area contributed by atoms with E-state index in [2.05, 4.69) is 15.5 Å². The minimum absolute atomic E-state index is 0.0565. The summed E-state index contributed by atoms with van der Waals surface area (Å²) in [4.78, 5) is 12.3. The van der Waals surface area contributed by atoms with E-state index in [9.17, 15) is 9.90 Å². The highest BCUT2D eigenvalue weighted by Crippen LogP contribution is 2.23. The molecule has 1 aliphatic heterocycles. The number of aromatic nitrogens is 2. The minimum atomic E-state index is -0.535. The fraction of sp³-hybridized carbons (Fsp3) is 0.375. The Kier molecular flexibility index (Phi) is 3.96. The second-order valence-corrected chi connectivity index (χ2v) is 5.79. The first-order chi connectivity index (χ1) is 10.6. The molecule has 0 saturated carbocycles. The standard InChI is InChI=1S/C16H19N3O3/c1-16(10-20,11-5-3-2-4-6-11)9-17-15(21)14-12-7-22-8-13(12)18-19-14/h2-6,20H,7-10H2,1H3,(H,17,21)(H,18,19). The van der Waals surface area contributed by atoms with Crippen LogP contribution in [0.5, 0.6) is 0 Å². The van der Waals surface area contributed by atoms with E-state index in [4.69, 9.17) is 4.74 Å². The van der Waals surface area contributed by atoms with Gasteiger partial charge in [-0.05, 0) is 5.56 Å². The number of hydrogen-bond acceptors (Lipinski definition) is 4. The molecule has 116 valence electrons. The van der Waals surface area contributed by atoms with Gasteiger partial charge in [0.1, 0.15) is 0 Å². The summed E-state index contributed by atoms with van der Waals surface area (Å²) >= 11 is 0. The van der Waals surface area contributed by atoms with Gasteiger partial charge in [-0.3, -0.25) is 9.89 Å². The number of aliphatic hydroxyl groups excluding tert-OH is 1. The third-order valence-electron chi connectivity index (χ3n) is 4.12. The van der Waals surface area contributed by atoms with Crippen LogP contribution in [0, 0.1) is 0 Å². The number of hydrogen-bond donors (Lipinski definition) is 3. The van der Waals surface area contributed by atoms with Crippen molar-refractivity contribution >= 4 is 5.91 Å². The summed E-state index contributed by atoms with van der Waals surface area (Å²) in [6, 6.07) is 9.66. The molecule has 6 nitrogen and oxygen atoms in total. The number of carbonyl (C=O) groups excluding carboxylic acids is 1. The lowest BCUT2D eigenvalue weighted by atomic mass is 9.83. The van der Waals surface area contributed by atoms with Gasteiger partial charge >= 0.3 is 0 Å². The van der Waals surface area contributed by atoms with Crippen molar-refractivity contribution in [2.75, 3.05) is 13.2 Å². The fourth-order valence-corrected chi connectivity index (χ4v) is 2.57. The monoisotopic (exact) mass is 301 g/mol.